The molecule has 0 unspecified atom stereocenters. The highest BCUT2D eigenvalue weighted by molar-refractivity contribution is 5.96. The van der Waals surface area contributed by atoms with E-state index in [0.717, 1.165) is 6.07 Å². The van der Waals surface area contributed by atoms with E-state index in [1.165, 1.54) is 32.4 Å². The summed E-state index contributed by atoms with van der Waals surface area (Å²) in [5.41, 5.74) is 0.0687. The molecule has 0 radical (unpaired) electrons. The van der Waals surface area contributed by atoms with Gasteiger partial charge in [0, 0.05) is 5.56 Å². The van der Waals surface area contributed by atoms with Crippen molar-refractivity contribution < 1.29 is 28.2 Å². The summed E-state index contributed by atoms with van der Waals surface area (Å²) >= 11 is 0. The minimum atomic E-state index is -1.04. The van der Waals surface area contributed by atoms with Crippen molar-refractivity contribution >= 4 is 17.8 Å². The van der Waals surface area contributed by atoms with Gasteiger partial charge in [-0.3, -0.25) is 9.59 Å². The molecule has 6 nitrogen and oxygen atoms in total. The average molecular weight is 311 g/mol. The number of nitrogens with one attached hydrogen (secondary N) is 1. The lowest BCUT2D eigenvalue weighted by molar-refractivity contribution is -0.146. The number of carbonyl (C=O) groups is 3. The molecule has 22 heavy (non-hydrogen) atoms. The number of methoxy groups -OCH3 is 2. The Bertz CT molecular complexity index is 561. The zero-order valence-corrected chi connectivity index (χ0v) is 12.6. The van der Waals surface area contributed by atoms with Gasteiger partial charge in [-0.1, -0.05) is 13.0 Å². The fourth-order valence-electron chi connectivity index (χ4n) is 1.88. The monoisotopic (exact) mass is 311 g/mol. The number of carbonyl (C=O) groups excluding carboxylic acids is 3. The predicted molar refractivity (Wildman–Crippen MR) is 75.5 cm³/mol. The minimum absolute atomic E-state index is 0.0687. The smallest absolute Gasteiger partial charge is 0.328 e. The van der Waals surface area contributed by atoms with Gasteiger partial charge in [-0.05, 0) is 24.1 Å². The van der Waals surface area contributed by atoms with Crippen molar-refractivity contribution in [3.05, 3.63) is 35.6 Å². The second-order valence-corrected chi connectivity index (χ2v) is 4.74. The van der Waals surface area contributed by atoms with Crippen molar-refractivity contribution in [1.29, 1.82) is 0 Å². The summed E-state index contributed by atoms with van der Waals surface area (Å²) in [6.45, 7) is 1.60. The van der Waals surface area contributed by atoms with E-state index in [0.29, 0.717) is 0 Å². The summed E-state index contributed by atoms with van der Waals surface area (Å²) in [5.74, 6) is -2.95. The Morgan fingerprint density at radius 3 is 2.45 bits per heavy atom. The van der Waals surface area contributed by atoms with Crippen molar-refractivity contribution in [1.82, 2.24) is 5.32 Å². The molecular formula is C15H18FNO5. The number of amides is 1. The second kappa shape index (κ2) is 8.11. The Labute approximate surface area is 127 Å². The molecule has 0 aliphatic heterocycles. The van der Waals surface area contributed by atoms with E-state index in [9.17, 15) is 18.8 Å². The van der Waals surface area contributed by atoms with Gasteiger partial charge in [0.15, 0.2) is 0 Å². The minimum Gasteiger partial charge on any atom is -0.469 e. The molecule has 1 amide bonds. The molecule has 0 bridgehead atoms. The van der Waals surface area contributed by atoms with Crippen LogP contribution in [0.2, 0.25) is 0 Å². The maximum absolute atomic E-state index is 13.1. The number of benzene rings is 1. The molecule has 0 saturated heterocycles. The molecule has 1 rings (SSSR count). The summed E-state index contributed by atoms with van der Waals surface area (Å²) in [4.78, 5) is 35.2. The van der Waals surface area contributed by atoms with Gasteiger partial charge in [0.2, 0.25) is 0 Å². The SMILES string of the molecule is COC(=O)C[C@H](C)[C@@H](NC(=O)c1cccc(F)c1)C(=O)OC. The van der Waals surface area contributed by atoms with Crippen LogP contribution in [0.15, 0.2) is 24.3 Å². The van der Waals surface area contributed by atoms with Gasteiger partial charge in [-0.2, -0.15) is 0 Å². The van der Waals surface area contributed by atoms with E-state index in [4.69, 9.17) is 0 Å². The number of rotatable bonds is 6. The molecule has 120 valence electrons. The normalized spacial score (nSPS) is 12.9. The first-order valence-corrected chi connectivity index (χ1v) is 6.60. The first kappa shape index (κ1) is 17.6. The molecular weight excluding hydrogens is 293 g/mol. The van der Waals surface area contributed by atoms with Crippen LogP contribution >= 0.6 is 0 Å². The zero-order chi connectivity index (χ0) is 16.7. The van der Waals surface area contributed by atoms with Crippen LogP contribution < -0.4 is 5.32 Å². The van der Waals surface area contributed by atoms with Crippen LogP contribution in [0.3, 0.4) is 0 Å². The third kappa shape index (κ3) is 4.83. The second-order valence-electron chi connectivity index (χ2n) is 4.74. The van der Waals surface area contributed by atoms with Gasteiger partial charge in [-0.15, -0.1) is 0 Å². The Kier molecular flexibility index (Phi) is 6.49. The molecule has 0 fully saturated rings. The van der Waals surface area contributed by atoms with E-state index in [2.05, 4.69) is 14.8 Å². The van der Waals surface area contributed by atoms with Crippen LogP contribution in [0.4, 0.5) is 4.39 Å². The summed E-state index contributed by atoms with van der Waals surface area (Å²) in [6, 6.07) is 4.01. The van der Waals surface area contributed by atoms with E-state index in [-0.39, 0.29) is 12.0 Å². The molecule has 0 aliphatic rings. The van der Waals surface area contributed by atoms with Crippen LogP contribution in [-0.2, 0) is 19.1 Å². The predicted octanol–water partition coefficient (Wildman–Crippen LogP) is 1.30. The largest absolute Gasteiger partial charge is 0.469 e. The molecule has 0 spiro atoms. The fourth-order valence-corrected chi connectivity index (χ4v) is 1.88. The van der Waals surface area contributed by atoms with Crippen molar-refractivity contribution in [2.45, 2.75) is 19.4 Å². The molecule has 0 heterocycles. The van der Waals surface area contributed by atoms with Gasteiger partial charge in [0.05, 0.1) is 20.6 Å². The van der Waals surface area contributed by atoms with Gasteiger partial charge < -0.3 is 14.8 Å². The van der Waals surface area contributed by atoms with Crippen molar-refractivity contribution in [3.63, 3.8) is 0 Å². The van der Waals surface area contributed by atoms with Crippen LogP contribution in [0.5, 0.6) is 0 Å². The lowest BCUT2D eigenvalue weighted by Gasteiger charge is -2.22. The summed E-state index contributed by atoms with van der Waals surface area (Å²) in [5, 5.41) is 2.45. The number of halogens is 1. The molecule has 1 aromatic rings. The van der Waals surface area contributed by atoms with Crippen molar-refractivity contribution in [2.24, 2.45) is 5.92 Å². The Balaban J connectivity index is 2.87. The third-order valence-electron chi connectivity index (χ3n) is 3.11. The highest BCUT2D eigenvalue weighted by atomic mass is 19.1. The molecule has 1 aromatic carbocycles. The molecule has 1 N–H and O–H groups in total. The number of hydrogen-bond donors (Lipinski definition) is 1. The van der Waals surface area contributed by atoms with Gasteiger partial charge in [0.1, 0.15) is 11.9 Å². The Hall–Kier alpha value is -2.44. The molecule has 0 aromatic heterocycles. The first-order chi connectivity index (χ1) is 10.4. The summed E-state index contributed by atoms with van der Waals surface area (Å²) < 4.78 is 22.3. The van der Waals surface area contributed by atoms with Crippen molar-refractivity contribution in [2.75, 3.05) is 14.2 Å². The van der Waals surface area contributed by atoms with Gasteiger partial charge in [0.25, 0.3) is 5.91 Å². The highest BCUT2D eigenvalue weighted by Gasteiger charge is 2.30. The van der Waals surface area contributed by atoms with E-state index in [1.807, 2.05) is 0 Å². The van der Waals surface area contributed by atoms with E-state index < -0.39 is 35.6 Å². The zero-order valence-electron chi connectivity index (χ0n) is 12.6. The van der Waals surface area contributed by atoms with E-state index >= 15 is 0 Å². The third-order valence-corrected chi connectivity index (χ3v) is 3.11. The first-order valence-electron chi connectivity index (χ1n) is 6.60. The Morgan fingerprint density at radius 2 is 1.91 bits per heavy atom. The van der Waals surface area contributed by atoms with Crippen LogP contribution in [0.25, 0.3) is 0 Å². The molecule has 0 saturated carbocycles. The lowest BCUT2D eigenvalue weighted by Crippen LogP contribution is -2.46. The topological polar surface area (TPSA) is 81.7 Å². The number of ether oxygens (including phenoxy) is 2. The van der Waals surface area contributed by atoms with Gasteiger partial charge in [-0.25, -0.2) is 9.18 Å². The molecule has 2 atom stereocenters. The van der Waals surface area contributed by atoms with Crippen LogP contribution in [0, 0.1) is 11.7 Å². The maximum Gasteiger partial charge on any atom is 0.328 e. The van der Waals surface area contributed by atoms with Gasteiger partial charge >= 0.3 is 11.9 Å². The lowest BCUT2D eigenvalue weighted by atomic mass is 9.98. The van der Waals surface area contributed by atoms with Crippen molar-refractivity contribution in [3.8, 4) is 0 Å². The highest BCUT2D eigenvalue weighted by Crippen LogP contribution is 2.12. The molecule has 0 aliphatic carbocycles. The van der Waals surface area contributed by atoms with E-state index in [1.54, 1.807) is 6.92 Å². The quantitative estimate of drug-likeness (QED) is 0.801. The average Bonchev–Trinajstić information content (AvgIpc) is 2.51. The molecule has 7 heteroatoms. The standard InChI is InChI=1S/C15H18FNO5/c1-9(7-12(18)21-2)13(15(20)22-3)17-14(19)10-5-4-6-11(16)8-10/h4-6,8-9,13H,7H2,1-3H3,(H,17,19)/t9-,13+/m0/s1. The fraction of sp³-hybridized carbons (Fsp3) is 0.400. The number of esters is 2. The van der Waals surface area contributed by atoms with Crippen LogP contribution in [-0.4, -0.2) is 38.1 Å². The summed E-state index contributed by atoms with van der Waals surface area (Å²) in [6.07, 6.45) is -0.0697. The maximum atomic E-state index is 13.1. The Morgan fingerprint density at radius 1 is 1.23 bits per heavy atom. The summed E-state index contributed by atoms with van der Waals surface area (Å²) in [7, 11) is 2.40. The van der Waals surface area contributed by atoms with Crippen LogP contribution in [0.1, 0.15) is 23.7 Å². The number of hydrogen-bond acceptors (Lipinski definition) is 5.